The van der Waals surface area contributed by atoms with Gasteiger partial charge in [0, 0.05) is 7.11 Å². The van der Waals surface area contributed by atoms with Crippen LogP contribution in [0, 0.1) is 0 Å². The van der Waals surface area contributed by atoms with E-state index in [-0.39, 0.29) is 12.8 Å². The van der Waals surface area contributed by atoms with Crippen LogP contribution in [0.5, 0.6) is 0 Å². The monoisotopic (exact) mass is 140 g/mol. The molecule has 0 amide bonds. The lowest BCUT2D eigenvalue weighted by Gasteiger charge is -1.99. The first-order valence-electron chi connectivity index (χ1n) is 2.10. The van der Waals surface area contributed by atoms with Crippen LogP contribution in [-0.2, 0) is 9.30 Å². The zero-order chi connectivity index (χ0) is 6.62. The fraction of sp³-hybridized carbons (Fsp3) is 1.00. The lowest BCUT2D eigenvalue weighted by Crippen LogP contribution is -1.95. The summed E-state index contributed by atoms with van der Waals surface area (Å²) in [7, 11) is -2.41. The summed E-state index contributed by atoms with van der Waals surface area (Å²) in [5.41, 5.74) is 0. The summed E-state index contributed by atoms with van der Waals surface area (Å²) in [5, 5.41) is 0. The Hall–Kier alpha value is 0.110. The summed E-state index contributed by atoms with van der Waals surface area (Å²) in [6, 6.07) is 0. The maximum absolute atomic E-state index is 10.0. The van der Waals surface area contributed by atoms with Crippen LogP contribution < -0.4 is 0 Å². The molecule has 0 radical (unpaired) electrons. The molecule has 0 bridgehead atoms. The Kier molecular flexibility index (Phi) is 3.24. The molecule has 4 nitrogen and oxygen atoms in total. The highest BCUT2D eigenvalue weighted by Crippen LogP contribution is 2.33. The van der Waals surface area contributed by atoms with Crippen molar-refractivity contribution < 1.29 is 19.1 Å². The average Bonchev–Trinajstić information content (AvgIpc) is 1.59. The molecule has 0 saturated carbocycles. The average molecular weight is 140 g/mol. The van der Waals surface area contributed by atoms with E-state index in [0.29, 0.717) is 0 Å². The second-order valence-corrected chi connectivity index (χ2v) is 3.16. The van der Waals surface area contributed by atoms with Gasteiger partial charge in [-0.2, -0.15) is 0 Å². The Bertz CT molecular complexity index is 95.5. The molecular formula is C3H9O4P. The molecule has 0 aromatic carbocycles. The lowest BCUT2D eigenvalue weighted by atomic mass is 10.9. The van der Waals surface area contributed by atoms with Crippen LogP contribution in [0.25, 0.3) is 0 Å². The molecule has 0 aromatic rings. The number of hydrogen-bond acceptors (Lipinski definition) is 2. The molecule has 50 valence electrons. The van der Waals surface area contributed by atoms with E-state index in [4.69, 9.17) is 9.79 Å². The van der Waals surface area contributed by atoms with Crippen LogP contribution in [0.1, 0.15) is 0 Å². The highest BCUT2D eigenvalue weighted by atomic mass is 31.2. The van der Waals surface area contributed by atoms with E-state index in [1.807, 2.05) is 0 Å². The van der Waals surface area contributed by atoms with Crippen molar-refractivity contribution in [2.24, 2.45) is 0 Å². The van der Waals surface area contributed by atoms with Gasteiger partial charge in [0.2, 0.25) is 0 Å². The van der Waals surface area contributed by atoms with Gasteiger partial charge in [0.05, 0.1) is 12.8 Å². The van der Waals surface area contributed by atoms with Gasteiger partial charge in [0.15, 0.2) is 0 Å². The summed E-state index contributed by atoms with van der Waals surface area (Å²) in [5.74, 6) is 0. The van der Waals surface area contributed by atoms with Crippen molar-refractivity contribution in [1.82, 2.24) is 0 Å². The van der Waals surface area contributed by atoms with Crippen molar-refractivity contribution in [2.45, 2.75) is 0 Å². The van der Waals surface area contributed by atoms with Crippen LogP contribution in [0.2, 0.25) is 0 Å². The highest BCUT2D eigenvalue weighted by molar-refractivity contribution is 7.51. The first kappa shape index (κ1) is 8.11. The van der Waals surface area contributed by atoms with E-state index in [1.165, 1.54) is 7.11 Å². The van der Waals surface area contributed by atoms with Crippen LogP contribution in [0.3, 0.4) is 0 Å². The second kappa shape index (κ2) is 3.20. The Morgan fingerprint density at radius 1 is 1.62 bits per heavy atom. The van der Waals surface area contributed by atoms with E-state index in [0.717, 1.165) is 0 Å². The van der Waals surface area contributed by atoms with E-state index in [1.54, 1.807) is 0 Å². The van der Waals surface area contributed by atoms with Crippen LogP contribution in [0.15, 0.2) is 0 Å². The molecule has 0 unspecified atom stereocenters. The normalized spacial score (nSPS) is 11.9. The molecule has 0 heterocycles. The number of hydrogen-bond donors (Lipinski definition) is 2. The molecule has 0 atom stereocenters. The van der Waals surface area contributed by atoms with Gasteiger partial charge in [-0.3, -0.25) is 4.57 Å². The van der Waals surface area contributed by atoms with Gasteiger partial charge in [-0.25, -0.2) is 0 Å². The largest absolute Gasteiger partial charge is 0.384 e. The molecule has 2 N–H and O–H groups in total. The van der Waals surface area contributed by atoms with Gasteiger partial charge >= 0.3 is 7.60 Å². The van der Waals surface area contributed by atoms with Crippen molar-refractivity contribution in [2.75, 3.05) is 19.9 Å². The maximum atomic E-state index is 10.0. The van der Waals surface area contributed by atoms with Crippen molar-refractivity contribution in [3.63, 3.8) is 0 Å². The van der Waals surface area contributed by atoms with E-state index in [2.05, 4.69) is 4.74 Å². The van der Waals surface area contributed by atoms with Crippen LogP contribution >= 0.6 is 7.60 Å². The molecule has 0 fully saturated rings. The van der Waals surface area contributed by atoms with E-state index >= 15 is 0 Å². The molecule has 8 heavy (non-hydrogen) atoms. The summed E-state index contributed by atoms with van der Waals surface area (Å²) in [4.78, 5) is 16.4. The van der Waals surface area contributed by atoms with Crippen LogP contribution in [0.4, 0.5) is 0 Å². The molecule has 5 heteroatoms. The van der Waals surface area contributed by atoms with Crippen LogP contribution in [-0.4, -0.2) is 29.7 Å². The summed E-state index contributed by atoms with van der Waals surface area (Å²) < 4.78 is 14.4. The second-order valence-electron chi connectivity index (χ2n) is 1.38. The van der Waals surface area contributed by atoms with Gasteiger partial charge in [0.25, 0.3) is 0 Å². The fourth-order valence-corrected chi connectivity index (χ4v) is 0.631. The van der Waals surface area contributed by atoms with Crippen molar-refractivity contribution in [3.8, 4) is 0 Å². The Balaban J connectivity index is 3.26. The van der Waals surface area contributed by atoms with Gasteiger partial charge in [-0.15, -0.1) is 0 Å². The lowest BCUT2D eigenvalue weighted by molar-refractivity contribution is 0.210. The molecule has 0 aromatic heterocycles. The van der Waals surface area contributed by atoms with Gasteiger partial charge in [-0.1, -0.05) is 0 Å². The smallest absolute Gasteiger partial charge is 0.327 e. The molecule has 0 spiro atoms. The first-order valence-corrected chi connectivity index (χ1v) is 3.89. The Labute approximate surface area is 47.6 Å². The molecule has 0 aliphatic carbocycles. The molecule has 0 saturated heterocycles. The molecular weight excluding hydrogens is 131 g/mol. The minimum absolute atomic E-state index is 0.115. The third-order valence-corrected chi connectivity index (χ3v) is 1.35. The number of rotatable bonds is 3. The molecule has 0 aliphatic rings. The van der Waals surface area contributed by atoms with Crippen molar-refractivity contribution in [1.29, 1.82) is 0 Å². The highest BCUT2D eigenvalue weighted by Gasteiger charge is 2.10. The summed E-state index contributed by atoms with van der Waals surface area (Å²) in [6.45, 7) is 0.115. The standard InChI is InChI=1S/C3H9O4P/c1-7-2-3-8(4,5)6/h2-3H2,1H3,(H2,4,5,6). The Morgan fingerprint density at radius 3 is 2.25 bits per heavy atom. The summed E-state index contributed by atoms with van der Waals surface area (Å²) in [6.07, 6.45) is -0.191. The van der Waals surface area contributed by atoms with Crippen molar-refractivity contribution >= 4 is 7.60 Å². The topological polar surface area (TPSA) is 66.8 Å². The third-order valence-electron chi connectivity index (χ3n) is 0.587. The van der Waals surface area contributed by atoms with E-state index < -0.39 is 7.60 Å². The number of ether oxygens (including phenoxy) is 1. The Morgan fingerprint density at radius 2 is 2.12 bits per heavy atom. The molecule has 0 rings (SSSR count). The predicted octanol–water partition coefficient (Wildman–Crippen LogP) is -0.190. The minimum Gasteiger partial charge on any atom is -0.384 e. The zero-order valence-corrected chi connectivity index (χ0v) is 5.47. The van der Waals surface area contributed by atoms with E-state index in [9.17, 15) is 4.57 Å². The molecule has 0 aliphatic heterocycles. The quantitative estimate of drug-likeness (QED) is 0.533. The predicted molar refractivity (Wildman–Crippen MR) is 28.8 cm³/mol. The fourth-order valence-electron chi connectivity index (χ4n) is 0.210. The minimum atomic E-state index is -3.81. The third kappa shape index (κ3) is 6.11. The first-order chi connectivity index (χ1) is 3.56. The van der Waals surface area contributed by atoms with Gasteiger partial charge < -0.3 is 14.5 Å². The SMILES string of the molecule is COCCP(=O)(O)O. The number of methoxy groups -OCH3 is 1. The maximum Gasteiger partial charge on any atom is 0.327 e. The zero-order valence-electron chi connectivity index (χ0n) is 4.57. The van der Waals surface area contributed by atoms with Gasteiger partial charge in [-0.05, 0) is 0 Å². The van der Waals surface area contributed by atoms with Gasteiger partial charge in [0.1, 0.15) is 0 Å². The van der Waals surface area contributed by atoms with Crippen molar-refractivity contribution in [3.05, 3.63) is 0 Å². The summed E-state index contributed by atoms with van der Waals surface area (Å²) >= 11 is 0.